The van der Waals surface area contributed by atoms with Crippen LogP contribution in [0.5, 0.6) is 5.75 Å². The number of hydrogen-bond donors (Lipinski definition) is 2. The summed E-state index contributed by atoms with van der Waals surface area (Å²) >= 11 is 0. The predicted molar refractivity (Wildman–Crippen MR) is 65.8 cm³/mol. The number of carbonyl (C=O) groups is 1. The Hall–Kier alpha value is -2.34. The van der Waals surface area contributed by atoms with Crippen molar-refractivity contribution in [2.75, 3.05) is 6.61 Å². The summed E-state index contributed by atoms with van der Waals surface area (Å²) in [6, 6.07) is 8.70. The minimum Gasteiger partial charge on any atom is -0.492 e. The molecule has 0 bridgehead atoms. The molecule has 0 aliphatic heterocycles. The highest BCUT2D eigenvalue weighted by molar-refractivity contribution is 5.94. The Balaban J connectivity index is 1.91. The fraction of sp³-hybridized carbons (Fsp3) is 0.167. The smallest absolute Gasteiger partial charge is 0.265 e. The highest BCUT2D eigenvalue weighted by atomic mass is 16.5. The third kappa shape index (κ3) is 3.08. The predicted octanol–water partition coefficient (Wildman–Crippen LogP) is 0.566. The Morgan fingerprint density at radius 2 is 2.33 bits per heavy atom. The zero-order valence-electron chi connectivity index (χ0n) is 9.74. The minimum absolute atomic E-state index is 0.340. The van der Waals surface area contributed by atoms with Gasteiger partial charge in [0.2, 0.25) is 0 Å². The highest BCUT2D eigenvalue weighted by Gasteiger charge is 2.04. The second-order valence-corrected chi connectivity index (χ2v) is 3.62. The van der Waals surface area contributed by atoms with Gasteiger partial charge in [0.25, 0.3) is 5.91 Å². The highest BCUT2D eigenvalue weighted by Crippen LogP contribution is 2.13. The molecule has 3 N–H and O–H groups in total. The molecule has 2 rings (SSSR count). The lowest BCUT2D eigenvalue weighted by Gasteiger charge is -2.07. The zero-order chi connectivity index (χ0) is 12.8. The summed E-state index contributed by atoms with van der Waals surface area (Å²) in [4.78, 5) is 11.3. The third-order valence-electron chi connectivity index (χ3n) is 2.38. The van der Waals surface area contributed by atoms with Gasteiger partial charge in [0.1, 0.15) is 12.4 Å². The Morgan fingerprint density at radius 3 is 3.06 bits per heavy atom. The first-order valence-electron chi connectivity index (χ1n) is 5.51. The van der Waals surface area contributed by atoms with Gasteiger partial charge in [-0.15, -0.1) is 0 Å². The number of nitrogens with zero attached hydrogens (tertiary/aromatic N) is 2. The molecule has 1 heterocycles. The van der Waals surface area contributed by atoms with E-state index >= 15 is 0 Å². The molecule has 0 fully saturated rings. The first-order chi connectivity index (χ1) is 8.79. The van der Waals surface area contributed by atoms with E-state index in [9.17, 15) is 4.79 Å². The lowest BCUT2D eigenvalue weighted by molar-refractivity contribution is 0.0953. The lowest BCUT2D eigenvalue weighted by atomic mass is 10.2. The molecule has 94 valence electrons. The summed E-state index contributed by atoms with van der Waals surface area (Å²) in [5, 5.41) is 4.06. The molecular weight excluding hydrogens is 232 g/mol. The number of rotatable bonds is 5. The molecule has 6 heteroatoms. The van der Waals surface area contributed by atoms with Crippen molar-refractivity contribution in [1.82, 2.24) is 15.2 Å². The SMILES string of the molecule is NNC(=O)c1cccc(OCCn2cccn2)c1. The number of amides is 1. The average Bonchev–Trinajstić information content (AvgIpc) is 2.91. The molecule has 1 aromatic carbocycles. The van der Waals surface area contributed by atoms with Gasteiger partial charge in [-0.2, -0.15) is 5.10 Å². The van der Waals surface area contributed by atoms with Crippen molar-refractivity contribution in [1.29, 1.82) is 0 Å². The third-order valence-corrected chi connectivity index (χ3v) is 2.38. The van der Waals surface area contributed by atoms with Crippen molar-refractivity contribution in [2.24, 2.45) is 5.84 Å². The molecule has 1 aromatic heterocycles. The lowest BCUT2D eigenvalue weighted by Crippen LogP contribution is -2.29. The van der Waals surface area contributed by atoms with E-state index in [2.05, 4.69) is 10.5 Å². The van der Waals surface area contributed by atoms with Crippen LogP contribution in [0.15, 0.2) is 42.7 Å². The van der Waals surface area contributed by atoms with Crippen molar-refractivity contribution in [3.05, 3.63) is 48.3 Å². The number of benzene rings is 1. The van der Waals surface area contributed by atoms with E-state index in [1.165, 1.54) is 0 Å². The molecule has 0 saturated carbocycles. The molecule has 0 aliphatic carbocycles. The van der Waals surface area contributed by atoms with E-state index in [0.29, 0.717) is 24.5 Å². The van der Waals surface area contributed by atoms with Crippen LogP contribution in [0.3, 0.4) is 0 Å². The Bertz CT molecular complexity index is 511. The molecular formula is C12H14N4O2. The van der Waals surface area contributed by atoms with Crippen molar-refractivity contribution in [2.45, 2.75) is 6.54 Å². The van der Waals surface area contributed by atoms with Gasteiger partial charge >= 0.3 is 0 Å². The summed E-state index contributed by atoms with van der Waals surface area (Å²) in [6.07, 6.45) is 3.58. The van der Waals surface area contributed by atoms with E-state index in [1.807, 2.05) is 12.3 Å². The zero-order valence-corrected chi connectivity index (χ0v) is 9.74. The number of hydrogen-bond acceptors (Lipinski definition) is 4. The number of nitrogens with one attached hydrogen (secondary N) is 1. The van der Waals surface area contributed by atoms with Crippen molar-refractivity contribution in [3.63, 3.8) is 0 Å². The molecule has 0 radical (unpaired) electrons. The molecule has 1 amide bonds. The quantitative estimate of drug-likeness (QED) is 0.459. The molecule has 0 saturated heterocycles. The molecule has 2 aromatic rings. The van der Waals surface area contributed by atoms with E-state index in [1.54, 1.807) is 35.1 Å². The van der Waals surface area contributed by atoms with Gasteiger partial charge in [-0.05, 0) is 24.3 Å². The standard InChI is InChI=1S/C12H14N4O2/c13-15-12(17)10-3-1-4-11(9-10)18-8-7-16-6-2-5-14-16/h1-6,9H,7-8,13H2,(H,15,17). The summed E-state index contributed by atoms with van der Waals surface area (Å²) in [5.74, 6) is 5.35. The van der Waals surface area contributed by atoms with Crippen LogP contribution in [0, 0.1) is 0 Å². The minimum atomic E-state index is -0.340. The van der Waals surface area contributed by atoms with Gasteiger partial charge in [0.05, 0.1) is 6.54 Å². The molecule has 0 atom stereocenters. The monoisotopic (exact) mass is 246 g/mol. The summed E-state index contributed by atoms with van der Waals surface area (Å²) in [6.45, 7) is 1.13. The van der Waals surface area contributed by atoms with Crippen LogP contribution in [0.1, 0.15) is 10.4 Å². The molecule has 18 heavy (non-hydrogen) atoms. The first-order valence-corrected chi connectivity index (χ1v) is 5.51. The number of hydrazine groups is 1. The molecule has 6 nitrogen and oxygen atoms in total. The largest absolute Gasteiger partial charge is 0.492 e. The maximum Gasteiger partial charge on any atom is 0.265 e. The summed E-state index contributed by atoms with van der Waals surface area (Å²) in [5.41, 5.74) is 2.55. The van der Waals surface area contributed by atoms with Crippen molar-refractivity contribution >= 4 is 5.91 Å². The molecule has 0 unspecified atom stereocenters. The van der Waals surface area contributed by atoms with Gasteiger partial charge in [-0.3, -0.25) is 14.9 Å². The van der Waals surface area contributed by atoms with Crippen molar-refractivity contribution < 1.29 is 9.53 Å². The maximum atomic E-state index is 11.3. The van der Waals surface area contributed by atoms with Crippen LogP contribution in [0.4, 0.5) is 0 Å². The number of nitrogens with two attached hydrogens (primary N) is 1. The number of nitrogen functional groups attached to an aromatic ring is 1. The van der Waals surface area contributed by atoms with Gasteiger partial charge in [-0.25, -0.2) is 5.84 Å². The Labute approximate surface area is 104 Å². The van der Waals surface area contributed by atoms with Gasteiger partial charge in [0, 0.05) is 18.0 Å². The Kier molecular flexibility index (Phi) is 3.93. The summed E-state index contributed by atoms with van der Waals surface area (Å²) in [7, 11) is 0. The van der Waals surface area contributed by atoms with E-state index in [0.717, 1.165) is 0 Å². The van der Waals surface area contributed by atoms with Crippen LogP contribution in [-0.2, 0) is 6.54 Å². The van der Waals surface area contributed by atoms with E-state index in [-0.39, 0.29) is 5.91 Å². The maximum absolute atomic E-state index is 11.3. The van der Waals surface area contributed by atoms with Crippen LogP contribution in [0.25, 0.3) is 0 Å². The number of carbonyl (C=O) groups excluding carboxylic acids is 1. The second-order valence-electron chi connectivity index (χ2n) is 3.62. The van der Waals surface area contributed by atoms with Crippen molar-refractivity contribution in [3.8, 4) is 5.75 Å². The number of ether oxygens (including phenoxy) is 1. The van der Waals surface area contributed by atoms with Gasteiger partial charge < -0.3 is 4.74 Å². The molecule has 0 aliphatic rings. The summed E-state index contributed by atoms with van der Waals surface area (Å²) < 4.78 is 7.31. The molecule has 0 spiro atoms. The van der Waals surface area contributed by atoms with Crippen LogP contribution < -0.4 is 16.0 Å². The van der Waals surface area contributed by atoms with Gasteiger partial charge in [0.15, 0.2) is 0 Å². The van der Waals surface area contributed by atoms with Gasteiger partial charge in [-0.1, -0.05) is 6.07 Å². The Morgan fingerprint density at radius 1 is 1.44 bits per heavy atom. The average molecular weight is 246 g/mol. The van der Waals surface area contributed by atoms with Crippen LogP contribution >= 0.6 is 0 Å². The normalized spacial score (nSPS) is 10.1. The van der Waals surface area contributed by atoms with E-state index in [4.69, 9.17) is 10.6 Å². The van der Waals surface area contributed by atoms with Crippen LogP contribution in [-0.4, -0.2) is 22.3 Å². The first kappa shape index (κ1) is 12.1. The fourth-order valence-corrected chi connectivity index (χ4v) is 1.50. The fourth-order valence-electron chi connectivity index (χ4n) is 1.50. The topological polar surface area (TPSA) is 82.2 Å². The second kappa shape index (κ2) is 5.83. The van der Waals surface area contributed by atoms with Crippen LogP contribution in [0.2, 0.25) is 0 Å². The van der Waals surface area contributed by atoms with E-state index < -0.39 is 0 Å². The number of aromatic nitrogens is 2.